The summed E-state index contributed by atoms with van der Waals surface area (Å²) in [6.45, 7) is 2.39. The molecule has 2 N–H and O–H groups in total. The van der Waals surface area contributed by atoms with Gasteiger partial charge in [0.1, 0.15) is 0 Å². The minimum Gasteiger partial charge on any atom is -0.348 e. The molecule has 0 fully saturated rings. The molecule has 0 aliphatic rings. The summed E-state index contributed by atoms with van der Waals surface area (Å²) >= 11 is 0. The highest BCUT2D eigenvalue weighted by atomic mass is 32.2. The first kappa shape index (κ1) is 18.6. The van der Waals surface area contributed by atoms with Crippen LogP contribution in [0.2, 0.25) is 0 Å². The van der Waals surface area contributed by atoms with Crippen molar-refractivity contribution in [2.45, 2.75) is 18.4 Å². The summed E-state index contributed by atoms with van der Waals surface area (Å²) < 4.78 is 27.3. The number of hydrogen-bond acceptors (Lipinski definition) is 4. The molecule has 0 bridgehead atoms. The average Bonchev–Trinajstić information content (AvgIpc) is 2.68. The number of aryl methyl sites for hydroxylation is 1. The van der Waals surface area contributed by atoms with E-state index in [4.69, 9.17) is 0 Å². The summed E-state index contributed by atoms with van der Waals surface area (Å²) in [4.78, 5) is 16.2. The molecule has 138 valence electrons. The number of sulfonamides is 1. The van der Waals surface area contributed by atoms with Gasteiger partial charge in [-0.2, -0.15) is 0 Å². The van der Waals surface area contributed by atoms with Gasteiger partial charge in [-0.15, -0.1) is 0 Å². The zero-order valence-corrected chi connectivity index (χ0v) is 15.5. The Morgan fingerprint density at radius 1 is 0.963 bits per heavy atom. The van der Waals surface area contributed by atoms with E-state index in [-0.39, 0.29) is 10.8 Å². The number of amides is 1. The van der Waals surface area contributed by atoms with Crippen molar-refractivity contribution in [1.29, 1.82) is 0 Å². The number of rotatable bonds is 6. The van der Waals surface area contributed by atoms with Crippen molar-refractivity contribution in [3.8, 4) is 0 Å². The third kappa shape index (κ3) is 4.71. The van der Waals surface area contributed by atoms with Gasteiger partial charge in [-0.1, -0.05) is 24.3 Å². The first-order chi connectivity index (χ1) is 13.0. The Labute approximate surface area is 158 Å². The summed E-state index contributed by atoms with van der Waals surface area (Å²) in [7, 11) is -3.73. The zero-order chi connectivity index (χ0) is 19.3. The number of anilines is 1. The molecule has 0 aliphatic carbocycles. The highest BCUT2D eigenvalue weighted by Gasteiger charge is 2.15. The molecule has 0 atom stereocenters. The van der Waals surface area contributed by atoms with E-state index in [2.05, 4.69) is 15.0 Å². The molecule has 0 unspecified atom stereocenters. The van der Waals surface area contributed by atoms with Gasteiger partial charge in [0.05, 0.1) is 10.6 Å². The predicted octanol–water partition coefficient (Wildman–Crippen LogP) is 3.12. The second kappa shape index (κ2) is 8.01. The minimum atomic E-state index is -3.73. The predicted molar refractivity (Wildman–Crippen MR) is 104 cm³/mol. The molecule has 0 saturated heterocycles. The Morgan fingerprint density at radius 3 is 2.30 bits per heavy atom. The lowest BCUT2D eigenvalue weighted by Crippen LogP contribution is -2.23. The monoisotopic (exact) mass is 381 g/mol. The van der Waals surface area contributed by atoms with Crippen LogP contribution in [0.5, 0.6) is 0 Å². The molecule has 6 nitrogen and oxygen atoms in total. The number of carbonyl (C=O) groups excluding carboxylic acids is 1. The fourth-order valence-electron chi connectivity index (χ4n) is 2.51. The van der Waals surface area contributed by atoms with Gasteiger partial charge in [0, 0.05) is 24.5 Å². The first-order valence-corrected chi connectivity index (χ1v) is 9.80. The maximum atomic E-state index is 12.4. The molecule has 0 aliphatic heterocycles. The smallest absolute Gasteiger partial charge is 0.261 e. The lowest BCUT2D eigenvalue weighted by atomic mass is 10.1. The van der Waals surface area contributed by atoms with Gasteiger partial charge in [0.2, 0.25) is 0 Å². The number of nitrogens with one attached hydrogen (secondary N) is 2. The number of nitrogens with zero attached hydrogens (tertiary/aromatic N) is 1. The largest absolute Gasteiger partial charge is 0.348 e. The van der Waals surface area contributed by atoms with E-state index >= 15 is 0 Å². The van der Waals surface area contributed by atoms with Crippen molar-refractivity contribution in [1.82, 2.24) is 10.3 Å². The van der Waals surface area contributed by atoms with Gasteiger partial charge in [-0.25, -0.2) is 8.42 Å². The second-order valence-corrected chi connectivity index (χ2v) is 7.66. The van der Waals surface area contributed by atoms with Crippen LogP contribution < -0.4 is 10.0 Å². The molecular formula is C20H19N3O3S. The quantitative estimate of drug-likeness (QED) is 0.687. The maximum Gasteiger partial charge on any atom is 0.261 e. The zero-order valence-electron chi connectivity index (χ0n) is 14.7. The van der Waals surface area contributed by atoms with Crippen molar-refractivity contribution in [3.63, 3.8) is 0 Å². The van der Waals surface area contributed by atoms with E-state index in [0.29, 0.717) is 17.8 Å². The maximum absolute atomic E-state index is 12.4. The molecule has 1 heterocycles. The molecule has 27 heavy (non-hydrogen) atoms. The highest BCUT2D eigenvalue weighted by molar-refractivity contribution is 7.92. The van der Waals surface area contributed by atoms with Crippen LogP contribution in [-0.4, -0.2) is 19.3 Å². The highest BCUT2D eigenvalue weighted by Crippen LogP contribution is 2.16. The van der Waals surface area contributed by atoms with E-state index < -0.39 is 10.0 Å². The molecule has 1 aromatic heterocycles. The van der Waals surface area contributed by atoms with Crippen molar-refractivity contribution >= 4 is 21.6 Å². The number of pyridine rings is 1. The fraction of sp³-hybridized carbons (Fsp3) is 0.100. The molecule has 7 heteroatoms. The van der Waals surface area contributed by atoms with Crippen LogP contribution >= 0.6 is 0 Å². The standard InChI is InChI=1S/C20H19N3O3S/c1-15-4-2-3-5-17(15)14-22-20(24)16-6-8-19(9-7-16)27(25,26)23-18-10-12-21-13-11-18/h2-13H,14H2,1H3,(H,21,23)(H,22,24). The SMILES string of the molecule is Cc1ccccc1CNC(=O)c1ccc(S(=O)(=O)Nc2ccncc2)cc1. The summed E-state index contributed by atoms with van der Waals surface area (Å²) in [5, 5.41) is 2.84. The average molecular weight is 381 g/mol. The first-order valence-electron chi connectivity index (χ1n) is 8.31. The van der Waals surface area contributed by atoms with Gasteiger partial charge in [0.15, 0.2) is 0 Å². The van der Waals surface area contributed by atoms with E-state index in [0.717, 1.165) is 11.1 Å². The van der Waals surface area contributed by atoms with E-state index in [1.165, 1.54) is 36.7 Å². The van der Waals surface area contributed by atoms with Crippen molar-refractivity contribution in [2.75, 3.05) is 4.72 Å². The number of benzene rings is 2. The fourth-order valence-corrected chi connectivity index (χ4v) is 3.56. The summed E-state index contributed by atoms with van der Waals surface area (Å²) in [6.07, 6.45) is 3.00. The number of hydrogen-bond donors (Lipinski definition) is 2. The van der Waals surface area contributed by atoms with Gasteiger partial charge < -0.3 is 5.32 Å². The van der Waals surface area contributed by atoms with Crippen LogP contribution in [0.3, 0.4) is 0 Å². The van der Waals surface area contributed by atoms with Crippen LogP contribution in [0.4, 0.5) is 5.69 Å². The van der Waals surface area contributed by atoms with Crippen LogP contribution in [0, 0.1) is 6.92 Å². The molecule has 3 rings (SSSR count). The van der Waals surface area contributed by atoms with Crippen LogP contribution in [0.1, 0.15) is 21.5 Å². The summed E-state index contributed by atoms with van der Waals surface area (Å²) in [6, 6.07) is 16.7. The molecule has 3 aromatic rings. The van der Waals surface area contributed by atoms with E-state index in [9.17, 15) is 13.2 Å². The van der Waals surface area contributed by atoms with Gasteiger partial charge in [-0.3, -0.25) is 14.5 Å². The Bertz CT molecular complexity index is 1030. The third-order valence-corrected chi connectivity index (χ3v) is 5.46. The number of carbonyl (C=O) groups is 1. The van der Waals surface area contributed by atoms with Crippen LogP contribution in [-0.2, 0) is 16.6 Å². The lowest BCUT2D eigenvalue weighted by molar-refractivity contribution is 0.0951. The Morgan fingerprint density at radius 2 is 1.63 bits per heavy atom. The molecule has 0 spiro atoms. The van der Waals surface area contributed by atoms with Crippen molar-refractivity contribution < 1.29 is 13.2 Å². The molecule has 0 radical (unpaired) electrons. The minimum absolute atomic E-state index is 0.0785. The second-order valence-electron chi connectivity index (χ2n) is 5.97. The topological polar surface area (TPSA) is 88.2 Å². The Balaban J connectivity index is 1.67. The van der Waals surface area contributed by atoms with Crippen LogP contribution in [0.25, 0.3) is 0 Å². The lowest BCUT2D eigenvalue weighted by Gasteiger charge is -2.10. The normalized spacial score (nSPS) is 11.0. The molecule has 1 amide bonds. The van der Waals surface area contributed by atoms with Crippen molar-refractivity contribution in [2.24, 2.45) is 0 Å². The van der Waals surface area contributed by atoms with E-state index in [1.807, 2.05) is 31.2 Å². The Kier molecular flexibility index (Phi) is 5.52. The molecule has 2 aromatic carbocycles. The van der Waals surface area contributed by atoms with E-state index in [1.54, 1.807) is 12.1 Å². The Hall–Kier alpha value is -3.19. The van der Waals surface area contributed by atoms with Crippen molar-refractivity contribution in [3.05, 3.63) is 89.7 Å². The van der Waals surface area contributed by atoms with Gasteiger partial charge in [0.25, 0.3) is 15.9 Å². The van der Waals surface area contributed by atoms with Crippen LogP contribution in [0.15, 0.2) is 78.0 Å². The molecular weight excluding hydrogens is 362 g/mol. The summed E-state index contributed by atoms with van der Waals surface area (Å²) in [5.41, 5.74) is 2.95. The van der Waals surface area contributed by atoms with Gasteiger partial charge >= 0.3 is 0 Å². The number of aromatic nitrogens is 1. The van der Waals surface area contributed by atoms with Gasteiger partial charge in [-0.05, 0) is 54.4 Å². The summed E-state index contributed by atoms with van der Waals surface area (Å²) in [5.74, 6) is -0.260. The third-order valence-electron chi connectivity index (χ3n) is 4.06. The molecule has 0 saturated carbocycles.